The van der Waals surface area contributed by atoms with Crippen molar-refractivity contribution >= 4 is 28.6 Å². The average molecular weight is 446 g/mol. The van der Waals surface area contributed by atoms with Crippen LogP contribution in [-0.2, 0) is 11.3 Å². The maximum absolute atomic E-state index is 14.9. The molecular formula is C24H23FN6O2. The number of nitrogens with one attached hydrogen (secondary N) is 1. The molecule has 4 aromatic rings. The molecule has 2 aromatic carbocycles. The molecule has 0 spiro atoms. The molecule has 1 aliphatic rings. The minimum absolute atomic E-state index is 0.0144. The van der Waals surface area contributed by atoms with Crippen molar-refractivity contribution in [3.05, 3.63) is 66.2 Å². The number of carbonyl (C=O) groups excluding carboxylic acids is 1. The fraction of sp³-hybridized carbons (Fsp3) is 0.250. The van der Waals surface area contributed by atoms with E-state index in [4.69, 9.17) is 15.6 Å². The topological polar surface area (TPSA) is 108 Å². The van der Waals surface area contributed by atoms with Gasteiger partial charge in [-0.05, 0) is 30.5 Å². The number of nitrogen functional groups attached to an aromatic ring is 1. The van der Waals surface area contributed by atoms with Crippen LogP contribution in [0.5, 0.6) is 0 Å². The summed E-state index contributed by atoms with van der Waals surface area (Å²) in [5.74, 6) is -0.311. The number of rotatable bonds is 5. The standard InChI is InChI=1S/C24H23FN6O2/c25-18-12-16(10-11-19(18)29-24(32)33-13-15-6-2-1-3-7-15)21-20-22(26)27-14-28-23(20)31(30-21)17-8-4-5-9-17/h1-3,6-7,10-12,14,17H,4-5,8-9,13H2,(H,29,32)(H2,26,27,28). The molecule has 1 fully saturated rings. The Hall–Kier alpha value is -4.01. The lowest BCUT2D eigenvalue weighted by Crippen LogP contribution is -2.14. The van der Waals surface area contributed by atoms with Gasteiger partial charge in [0.15, 0.2) is 5.65 Å². The van der Waals surface area contributed by atoms with Gasteiger partial charge < -0.3 is 10.5 Å². The zero-order valence-electron chi connectivity index (χ0n) is 17.9. The van der Waals surface area contributed by atoms with Gasteiger partial charge in [-0.25, -0.2) is 23.8 Å². The highest BCUT2D eigenvalue weighted by molar-refractivity contribution is 5.98. The molecule has 9 heteroatoms. The van der Waals surface area contributed by atoms with Crippen LogP contribution >= 0.6 is 0 Å². The third-order valence-electron chi connectivity index (χ3n) is 5.88. The maximum atomic E-state index is 14.9. The second-order valence-corrected chi connectivity index (χ2v) is 8.07. The van der Waals surface area contributed by atoms with Gasteiger partial charge in [0.25, 0.3) is 0 Å². The Kier molecular flexibility index (Phi) is 5.60. The Balaban J connectivity index is 1.39. The van der Waals surface area contributed by atoms with Crippen molar-refractivity contribution < 1.29 is 13.9 Å². The molecule has 0 bridgehead atoms. The van der Waals surface area contributed by atoms with Crippen LogP contribution in [0.4, 0.5) is 20.7 Å². The van der Waals surface area contributed by atoms with Gasteiger partial charge in [0.2, 0.25) is 0 Å². The highest BCUT2D eigenvalue weighted by Gasteiger charge is 2.25. The molecule has 1 aliphatic carbocycles. The number of ether oxygens (including phenoxy) is 1. The SMILES string of the molecule is Nc1ncnc2c1c(-c1ccc(NC(=O)OCc3ccccc3)c(F)c1)nn2C1CCCC1. The van der Waals surface area contributed by atoms with Crippen LogP contribution in [0, 0.1) is 5.82 Å². The van der Waals surface area contributed by atoms with E-state index in [1.165, 1.54) is 18.5 Å². The quantitative estimate of drug-likeness (QED) is 0.443. The van der Waals surface area contributed by atoms with E-state index in [0.29, 0.717) is 28.1 Å². The van der Waals surface area contributed by atoms with Gasteiger partial charge in [0.05, 0.1) is 17.1 Å². The fourth-order valence-electron chi connectivity index (χ4n) is 4.23. The number of nitrogens with two attached hydrogens (primary N) is 1. The summed E-state index contributed by atoms with van der Waals surface area (Å²) < 4.78 is 22.0. The molecule has 8 nitrogen and oxygen atoms in total. The van der Waals surface area contributed by atoms with Gasteiger partial charge in [0.1, 0.15) is 30.3 Å². The number of anilines is 2. The van der Waals surface area contributed by atoms with Crippen molar-refractivity contribution in [3.63, 3.8) is 0 Å². The predicted molar refractivity (Wildman–Crippen MR) is 123 cm³/mol. The fourth-order valence-corrected chi connectivity index (χ4v) is 4.23. The molecule has 0 saturated heterocycles. The number of benzene rings is 2. The molecule has 5 rings (SSSR count). The van der Waals surface area contributed by atoms with Crippen LogP contribution in [0.15, 0.2) is 54.9 Å². The number of nitrogens with zero attached hydrogens (tertiary/aromatic N) is 4. The first-order valence-electron chi connectivity index (χ1n) is 10.9. The Morgan fingerprint density at radius 1 is 1.15 bits per heavy atom. The number of halogens is 1. The van der Waals surface area contributed by atoms with Gasteiger partial charge in [-0.1, -0.05) is 49.2 Å². The summed E-state index contributed by atoms with van der Waals surface area (Å²) in [6.45, 7) is 0.0935. The van der Waals surface area contributed by atoms with Gasteiger partial charge in [-0.3, -0.25) is 5.32 Å². The van der Waals surface area contributed by atoms with E-state index in [2.05, 4.69) is 15.3 Å². The van der Waals surface area contributed by atoms with Crippen molar-refractivity contribution in [1.82, 2.24) is 19.7 Å². The summed E-state index contributed by atoms with van der Waals surface area (Å²) in [6.07, 6.45) is 4.99. The van der Waals surface area contributed by atoms with E-state index in [9.17, 15) is 9.18 Å². The zero-order valence-corrected chi connectivity index (χ0v) is 17.9. The van der Waals surface area contributed by atoms with Gasteiger partial charge >= 0.3 is 6.09 Å². The summed E-state index contributed by atoms with van der Waals surface area (Å²) in [5.41, 5.74) is 8.70. The first kappa shape index (κ1) is 20.9. The highest BCUT2D eigenvalue weighted by Crippen LogP contribution is 2.37. The second kappa shape index (κ2) is 8.85. The number of carbonyl (C=O) groups is 1. The monoisotopic (exact) mass is 446 g/mol. The Labute approximate surface area is 189 Å². The second-order valence-electron chi connectivity index (χ2n) is 8.07. The molecule has 1 saturated carbocycles. The lowest BCUT2D eigenvalue weighted by Gasteiger charge is -2.10. The van der Waals surface area contributed by atoms with E-state index in [1.54, 1.807) is 6.07 Å². The maximum Gasteiger partial charge on any atom is 0.412 e. The third-order valence-corrected chi connectivity index (χ3v) is 5.88. The summed E-state index contributed by atoms with van der Waals surface area (Å²) in [6, 6.07) is 14.0. The summed E-state index contributed by atoms with van der Waals surface area (Å²) in [5, 5.41) is 7.80. The van der Waals surface area contributed by atoms with Crippen molar-refractivity contribution in [2.75, 3.05) is 11.1 Å². The molecule has 1 amide bonds. The number of fused-ring (bicyclic) bond motifs is 1. The Morgan fingerprint density at radius 3 is 2.70 bits per heavy atom. The predicted octanol–water partition coefficient (Wildman–Crippen LogP) is 5.08. The molecule has 0 aliphatic heterocycles. The molecule has 0 radical (unpaired) electrons. The minimum atomic E-state index is -0.737. The van der Waals surface area contributed by atoms with E-state index in [-0.39, 0.29) is 18.3 Å². The normalized spacial score (nSPS) is 14.0. The van der Waals surface area contributed by atoms with Crippen LogP contribution in [0.1, 0.15) is 37.3 Å². The smallest absolute Gasteiger partial charge is 0.412 e. The van der Waals surface area contributed by atoms with Crippen molar-refractivity contribution in [2.24, 2.45) is 0 Å². The van der Waals surface area contributed by atoms with Crippen LogP contribution in [-0.4, -0.2) is 25.8 Å². The van der Waals surface area contributed by atoms with E-state index < -0.39 is 11.9 Å². The van der Waals surface area contributed by atoms with Gasteiger partial charge in [-0.15, -0.1) is 0 Å². The first-order chi connectivity index (χ1) is 16.1. The summed E-state index contributed by atoms with van der Waals surface area (Å²) in [4.78, 5) is 20.6. The summed E-state index contributed by atoms with van der Waals surface area (Å²) in [7, 11) is 0. The van der Waals surface area contributed by atoms with Crippen LogP contribution in [0.3, 0.4) is 0 Å². The van der Waals surface area contributed by atoms with Gasteiger partial charge in [0, 0.05) is 5.56 Å². The first-order valence-corrected chi connectivity index (χ1v) is 10.9. The van der Waals surface area contributed by atoms with E-state index >= 15 is 0 Å². The number of aromatic nitrogens is 4. The highest BCUT2D eigenvalue weighted by atomic mass is 19.1. The Bertz CT molecular complexity index is 1300. The molecule has 2 heterocycles. The van der Waals surface area contributed by atoms with Crippen LogP contribution in [0.2, 0.25) is 0 Å². The molecule has 0 unspecified atom stereocenters. The molecule has 2 aromatic heterocycles. The van der Waals surface area contributed by atoms with Crippen molar-refractivity contribution in [2.45, 2.75) is 38.3 Å². The van der Waals surface area contributed by atoms with Crippen molar-refractivity contribution in [3.8, 4) is 11.3 Å². The summed E-state index contributed by atoms with van der Waals surface area (Å²) >= 11 is 0. The molecule has 168 valence electrons. The molecular weight excluding hydrogens is 423 g/mol. The lowest BCUT2D eigenvalue weighted by atomic mass is 10.1. The van der Waals surface area contributed by atoms with E-state index in [1.807, 2.05) is 35.0 Å². The number of hydrogen-bond acceptors (Lipinski definition) is 6. The van der Waals surface area contributed by atoms with E-state index in [0.717, 1.165) is 31.2 Å². The van der Waals surface area contributed by atoms with Crippen LogP contribution < -0.4 is 11.1 Å². The van der Waals surface area contributed by atoms with Gasteiger partial charge in [-0.2, -0.15) is 5.10 Å². The largest absolute Gasteiger partial charge is 0.444 e. The Morgan fingerprint density at radius 2 is 1.94 bits per heavy atom. The lowest BCUT2D eigenvalue weighted by molar-refractivity contribution is 0.155. The number of amides is 1. The van der Waals surface area contributed by atoms with Crippen molar-refractivity contribution in [1.29, 1.82) is 0 Å². The molecule has 0 atom stereocenters. The third kappa shape index (κ3) is 4.21. The average Bonchev–Trinajstić information content (AvgIpc) is 3.48. The minimum Gasteiger partial charge on any atom is -0.444 e. The van der Waals surface area contributed by atoms with Crippen LogP contribution in [0.25, 0.3) is 22.3 Å². The number of hydrogen-bond donors (Lipinski definition) is 2. The molecule has 3 N–H and O–H groups in total. The zero-order chi connectivity index (χ0) is 22.8. The molecule has 33 heavy (non-hydrogen) atoms.